The van der Waals surface area contributed by atoms with Crippen molar-refractivity contribution in [1.29, 1.82) is 0 Å². The Morgan fingerprint density at radius 1 is 1.20 bits per heavy atom. The molecular formula is C14H27Br. The van der Waals surface area contributed by atoms with Crippen molar-refractivity contribution in [2.24, 2.45) is 17.8 Å². The maximum absolute atomic E-state index is 3.80. The summed E-state index contributed by atoms with van der Waals surface area (Å²) in [5, 5.41) is 0. The fourth-order valence-corrected chi connectivity index (χ4v) is 3.03. The van der Waals surface area contributed by atoms with Gasteiger partial charge in [-0.05, 0) is 37.0 Å². The van der Waals surface area contributed by atoms with Gasteiger partial charge in [0.1, 0.15) is 0 Å². The van der Waals surface area contributed by atoms with Gasteiger partial charge in [0.25, 0.3) is 0 Å². The van der Waals surface area contributed by atoms with Crippen molar-refractivity contribution in [3.63, 3.8) is 0 Å². The highest BCUT2D eigenvalue weighted by atomic mass is 79.9. The fraction of sp³-hybridized carbons (Fsp3) is 1.00. The molecule has 0 spiro atoms. The zero-order chi connectivity index (χ0) is 11.3. The Bertz CT molecular complexity index is 165. The largest absolute Gasteiger partial charge is 0.0888 e. The second-order valence-corrected chi connectivity index (χ2v) is 6.82. The summed E-state index contributed by atoms with van der Waals surface area (Å²) in [6, 6.07) is 0. The molecule has 0 amide bonds. The lowest BCUT2D eigenvalue weighted by molar-refractivity contribution is 0.244. The molecule has 0 heterocycles. The molecular weight excluding hydrogens is 248 g/mol. The number of alkyl halides is 1. The van der Waals surface area contributed by atoms with Crippen molar-refractivity contribution in [3.05, 3.63) is 0 Å². The Labute approximate surface area is 104 Å². The van der Waals surface area contributed by atoms with Crippen molar-refractivity contribution < 1.29 is 0 Å². The van der Waals surface area contributed by atoms with Crippen molar-refractivity contribution in [2.75, 3.05) is 0 Å². The van der Waals surface area contributed by atoms with Gasteiger partial charge in [0, 0.05) is 4.83 Å². The molecule has 3 unspecified atom stereocenters. The Morgan fingerprint density at radius 3 is 2.47 bits per heavy atom. The second-order valence-electron chi connectivity index (χ2n) is 5.64. The van der Waals surface area contributed by atoms with Gasteiger partial charge in [-0.1, -0.05) is 62.4 Å². The molecule has 90 valence electrons. The molecule has 1 saturated carbocycles. The summed E-state index contributed by atoms with van der Waals surface area (Å²) in [6.07, 6.45) is 10.2. The van der Waals surface area contributed by atoms with Gasteiger partial charge < -0.3 is 0 Å². The molecule has 0 aromatic heterocycles. The van der Waals surface area contributed by atoms with Crippen molar-refractivity contribution in [2.45, 2.75) is 70.5 Å². The molecule has 0 N–H and O–H groups in total. The first-order chi connectivity index (χ1) is 7.13. The maximum Gasteiger partial charge on any atom is 0.0168 e. The van der Waals surface area contributed by atoms with Crippen LogP contribution in [0.15, 0.2) is 0 Å². The quantitative estimate of drug-likeness (QED) is 0.589. The van der Waals surface area contributed by atoms with E-state index in [9.17, 15) is 0 Å². The minimum atomic E-state index is 0.736. The van der Waals surface area contributed by atoms with Crippen LogP contribution in [0.4, 0.5) is 0 Å². The highest BCUT2D eigenvalue weighted by Crippen LogP contribution is 2.34. The van der Waals surface area contributed by atoms with E-state index < -0.39 is 0 Å². The molecule has 1 heteroatoms. The summed E-state index contributed by atoms with van der Waals surface area (Å²) < 4.78 is 0. The molecule has 0 aromatic rings. The van der Waals surface area contributed by atoms with Crippen molar-refractivity contribution in [1.82, 2.24) is 0 Å². The molecule has 1 fully saturated rings. The monoisotopic (exact) mass is 274 g/mol. The second kappa shape index (κ2) is 6.93. The van der Waals surface area contributed by atoms with Crippen LogP contribution in [0.1, 0.15) is 65.7 Å². The molecule has 0 saturated heterocycles. The van der Waals surface area contributed by atoms with Crippen LogP contribution in [0.5, 0.6) is 0 Å². The molecule has 0 bridgehead atoms. The molecule has 3 atom stereocenters. The number of halogens is 1. The smallest absolute Gasteiger partial charge is 0.0168 e. The molecule has 0 radical (unpaired) electrons. The van der Waals surface area contributed by atoms with Crippen molar-refractivity contribution in [3.8, 4) is 0 Å². The zero-order valence-corrected chi connectivity index (χ0v) is 12.2. The van der Waals surface area contributed by atoms with E-state index >= 15 is 0 Å². The van der Waals surface area contributed by atoms with E-state index in [4.69, 9.17) is 0 Å². The van der Waals surface area contributed by atoms with Gasteiger partial charge in [0.2, 0.25) is 0 Å². The summed E-state index contributed by atoms with van der Waals surface area (Å²) in [5.74, 6) is 2.86. The molecule has 0 nitrogen and oxygen atoms in total. The molecule has 1 rings (SSSR count). The summed E-state index contributed by atoms with van der Waals surface area (Å²) in [6.45, 7) is 6.98. The fourth-order valence-electron chi connectivity index (χ4n) is 2.76. The van der Waals surface area contributed by atoms with Gasteiger partial charge >= 0.3 is 0 Å². The van der Waals surface area contributed by atoms with E-state index in [-0.39, 0.29) is 0 Å². The van der Waals surface area contributed by atoms with E-state index in [1.54, 1.807) is 0 Å². The topological polar surface area (TPSA) is 0 Å². The lowest BCUT2D eigenvalue weighted by atomic mass is 9.78. The first kappa shape index (κ1) is 13.5. The van der Waals surface area contributed by atoms with Crippen LogP contribution in [-0.2, 0) is 0 Å². The molecule has 15 heavy (non-hydrogen) atoms. The van der Waals surface area contributed by atoms with E-state index in [1.165, 1.54) is 44.9 Å². The zero-order valence-electron chi connectivity index (χ0n) is 10.6. The lowest BCUT2D eigenvalue weighted by Crippen LogP contribution is -2.17. The van der Waals surface area contributed by atoms with Crippen LogP contribution in [0.2, 0.25) is 0 Å². The SMILES string of the molecule is CCC1CCCC(CCC(Br)C(C)C)C1. The van der Waals surface area contributed by atoms with Gasteiger partial charge in [0.05, 0.1) is 0 Å². The number of rotatable bonds is 5. The van der Waals surface area contributed by atoms with Crippen LogP contribution >= 0.6 is 15.9 Å². The molecule has 1 aliphatic rings. The Morgan fingerprint density at radius 2 is 1.87 bits per heavy atom. The van der Waals surface area contributed by atoms with Gasteiger partial charge in [-0.2, -0.15) is 0 Å². The first-order valence-corrected chi connectivity index (χ1v) is 7.69. The summed E-state index contributed by atoms with van der Waals surface area (Å²) in [4.78, 5) is 0.736. The predicted molar refractivity (Wildman–Crippen MR) is 72.5 cm³/mol. The third-order valence-electron chi connectivity index (χ3n) is 4.04. The van der Waals surface area contributed by atoms with Crippen LogP contribution in [0.25, 0.3) is 0 Å². The molecule has 0 aliphatic heterocycles. The average molecular weight is 275 g/mol. The summed E-state index contributed by atoms with van der Waals surface area (Å²) in [5.41, 5.74) is 0. The van der Waals surface area contributed by atoms with Crippen LogP contribution in [0.3, 0.4) is 0 Å². The third kappa shape index (κ3) is 4.89. The minimum absolute atomic E-state index is 0.736. The molecule has 0 aromatic carbocycles. The number of hydrogen-bond donors (Lipinski definition) is 0. The van der Waals surface area contributed by atoms with Crippen LogP contribution in [-0.4, -0.2) is 4.83 Å². The van der Waals surface area contributed by atoms with Gasteiger partial charge in [-0.15, -0.1) is 0 Å². The number of hydrogen-bond acceptors (Lipinski definition) is 0. The summed E-state index contributed by atoms with van der Waals surface area (Å²) >= 11 is 3.80. The lowest BCUT2D eigenvalue weighted by Gasteiger charge is -2.29. The summed E-state index contributed by atoms with van der Waals surface area (Å²) in [7, 11) is 0. The van der Waals surface area contributed by atoms with E-state index in [0.29, 0.717) is 0 Å². The first-order valence-electron chi connectivity index (χ1n) is 6.77. The van der Waals surface area contributed by atoms with Gasteiger partial charge in [-0.25, -0.2) is 0 Å². The van der Waals surface area contributed by atoms with Gasteiger partial charge in [0.15, 0.2) is 0 Å². The Hall–Kier alpha value is 0.480. The average Bonchev–Trinajstić information content (AvgIpc) is 2.26. The minimum Gasteiger partial charge on any atom is -0.0888 e. The van der Waals surface area contributed by atoms with Crippen LogP contribution in [0, 0.1) is 17.8 Å². The van der Waals surface area contributed by atoms with Crippen LogP contribution < -0.4 is 0 Å². The van der Waals surface area contributed by atoms with E-state index in [2.05, 4.69) is 36.7 Å². The van der Waals surface area contributed by atoms with Gasteiger partial charge in [-0.3, -0.25) is 0 Å². The van der Waals surface area contributed by atoms with Crippen molar-refractivity contribution >= 4 is 15.9 Å². The van der Waals surface area contributed by atoms with E-state index in [0.717, 1.165) is 22.6 Å². The highest BCUT2D eigenvalue weighted by molar-refractivity contribution is 9.09. The Kier molecular flexibility index (Phi) is 6.26. The molecule has 1 aliphatic carbocycles. The standard InChI is InChI=1S/C14H27Br/c1-4-12-6-5-7-13(10-12)8-9-14(15)11(2)3/h11-14H,4-10H2,1-3H3. The highest BCUT2D eigenvalue weighted by Gasteiger charge is 2.21. The third-order valence-corrected chi connectivity index (χ3v) is 5.56. The van der Waals surface area contributed by atoms with E-state index in [1.807, 2.05) is 0 Å². The normalized spacial score (nSPS) is 29.4. The maximum atomic E-state index is 3.80. The predicted octanol–water partition coefficient (Wildman–Crippen LogP) is 5.40. The Balaban J connectivity index is 2.20.